The summed E-state index contributed by atoms with van der Waals surface area (Å²) < 4.78 is 0. The zero-order chi connectivity index (χ0) is 12.3. The van der Waals surface area contributed by atoms with Crippen molar-refractivity contribution in [1.29, 1.82) is 0 Å². The van der Waals surface area contributed by atoms with Gasteiger partial charge in [0.05, 0.1) is 11.4 Å². The summed E-state index contributed by atoms with van der Waals surface area (Å²) >= 11 is 0. The Hall–Kier alpha value is -1.18. The number of benzene rings is 1. The molecule has 0 radical (unpaired) electrons. The molecule has 94 valence electrons. The van der Waals surface area contributed by atoms with Gasteiger partial charge in [0.2, 0.25) is 0 Å². The van der Waals surface area contributed by atoms with Crippen molar-refractivity contribution in [2.45, 2.75) is 52.0 Å². The van der Waals surface area contributed by atoms with E-state index in [1.165, 1.54) is 43.4 Å². The molecule has 0 saturated heterocycles. The predicted octanol–water partition coefficient (Wildman–Crippen LogP) is 3.74. The van der Waals surface area contributed by atoms with Crippen LogP contribution in [0.4, 0.5) is 11.4 Å². The number of rotatable bonds is 3. The lowest BCUT2D eigenvalue weighted by Gasteiger charge is -2.37. The van der Waals surface area contributed by atoms with E-state index in [0.29, 0.717) is 6.04 Å². The second-order valence-corrected chi connectivity index (χ2v) is 5.09. The zero-order valence-electron chi connectivity index (χ0n) is 11.1. The minimum atomic E-state index is 0.692. The van der Waals surface area contributed by atoms with Crippen molar-refractivity contribution in [3.63, 3.8) is 0 Å². The number of anilines is 2. The Morgan fingerprint density at radius 1 is 1.24 bits per heavy atom. The highest BCUT2D eigenvalue weighted by atomic mass is 15.2. The summed E-state index contributed by atoms with van der Waals surface area (Å²) in [7, 11) is 0. The maximum absolute atomic E-state index is 6.16. The smallest absolute Gasteiger partial charge is 0.0632 e. The molecular formula is C15H24N2. The van der Waals surface area contributed by atoms with E-state index in [1.54, 1.807) is 0 Å². The Morgan fingerprint density at radius 3 is 2.53 bits per heavy atom. The van der Waals surface area contributed by atoms with Crippen molar-refractivity contribution in [3.05, 3.63) is 23.8 Å². The molecule has 0 amide bonds. The van der Waals surface area contributed by atoms with E-state index < -0.39 is 0 Å². The Morgan fingerprint density at radius 2 is 1.94 bits per heavy atom. The quantitative estimate of drug-likeness (QED) is 0.804. The fraction of sp³-hybridized carbons (Fsp3) is 0.600. The molecule has 2 nitrogen and oxygen atoms in total. The van der Waals surface area contributed by atoms with Crippen molar-refractivity contribution in [1.82, 2.24) is 0 Å². The van der Waals surface area contributed by atoms with Gasteiger partial charge in [-0.05, 0) is 38.3 Å². The summed E-state index contributed by atoms with van der Waals surface area (Å²) in [6.07, 6.45) is 6.78. The fourth-order valence-electron chi connectivity index (χ4n) is 3.07. The van der Waals surface area contributed by atoms with Crippen molar-refractivity contribution in [2.75, 3.05) is 17.2 Å². The SMILES string of the molecule is CCN(c1c(C)cccc1N)C1CCCCC1. The van der Waals surface area contributed by atoms with Crippen molar-refractivity contribution >= 4 is 11.4 Å². The fourth-order valence-corrected chi connectivity index (χ4v) is 3.07. The molecule has 1 aromatic rings. The Labute approximate surface area is 105 Å². The van der Waals surface area contributed by atoms with Gasteiger partial charge in [0.1, 0.15) is 0 Å². The maximum atomic E-state index is 6.16. The molecule has 0 heterocycles. The topological polar surface area (TPSA) is 29.3 Å². The largest absolute Gasteiger partial charge is 0.397 e. The average Bonchev–Trinajstić information content (AvgIpc) is 2.35. The van der Waals surface area contributed by atoms with Gasteiger partial charge in [0, 0.05) is 12.6 Å². The van der Waals surface area contributed by atoms with E-state index in [2.05, 4.69) is 24.8 Å². The molecule has 0 bridgehead atoms. The third kappa shape index (κ3) is 2.56. The van der Waals surface area contributed by atoms with Crippen LogP contribution < -0.4 is 10.6 Å². The second kappa shape index (κ2) is 5.44. The van der Waals surface area contributed by atoms with Gasteiger partial charge in [-0.15, -0.1) is 0 Å². The van der Waals surface area contributed by atoms with Gasteiger partial charge in [-0.1, -0.05) is 31.4 Å². The normalized spacial score (nSPS) is 17.1. The second-order valence-electron chi connectivity index (χ2n) is 5.09. The summed E-state index contributed by atoms with van der Waals surface area (Å²) in [5, 5.41) is 0. The van der Waals surface area contributed by atoms with Crippen LogP contribution in [0.2, 0.25) is 0 Å². The van der Waals surface area contributed by atoms with Crippen LogP contribution in [-0.4, -0.2) is 12.6 Å². The van der Waals surface area contributed by atoms with E-state index in [9.17, 15) is 0 Å². The lowest BCUT2D eigenvalue weighted by atomic mass is 9.93. The van der Waals surface area contributed by atoms with E-state index >= 15 is 0 Å². The summed E-state index contributed by atoms with van der Waals surface area (Å²) in [6, 6.07) is 6.92. The van der Waals surface area contributed by atoms with Gasteiger partial charge >= 0.3 is 0 Å². The molecule has 0 aliphatic heterocycles. The monoisotopic (exact) mass is 232 g/mol. The van der Waals surface area contributed by atoms with Crippen LogP contribution in [0.3, 0.4) is 0 Å². The van der Waals surface area contributed by atoms with Gasteiger partial charge in [0.15, 0.2) is 0 Å². The molecule has 1 aliphatic carbocycles. The average molecular weight is 232 g/mol. The maximum Gasteiger partial charge on any atom is 0.0632 e. The van der Waals surface area contributed by atoms with Crippen molar-refractivity contribution in [2.24, 2.45) is 0 Å². The van der Waals surface area contributed by atoms with Crippen LogP contribution in [0.15, 0.2) is 18.2 Å². The molecule has 1 aliphatic rings. The van der Waals surface area contributed by atoms with Crippen LogP contribution in [0.5, 0.6) is 0 Å². The lowest BCUT2D eigenvalue weighted by molar-refractivity contribution is 0.418. The number of nitrogen functional groups attached to an aromatic ring is 1. The Balaban J connectivity index is 2.27. The van der Waals surface area contributed by atoms with Crippen molar-refractivity contribution < 1.29 is 0 Å². The molecule has 17 heavy (non-hydrogen) atoms. The first kappa shape index (κ1) is 12.3. The van der Waals surface area contributed by atoms with Crippen LogP contribution in [0.25, 0.3) is 0 Å². The molecule has 0 spiro atoms. The number of hydrogen-bond donors (Lipinski definition) is 1. The molecule has 2 rings (SSSR count). The molecule has 1 fully saturated rings. The first-order valence-electron chi connectivity index (χ1n) is 6.85. The molecule has 1 saturated carbocycles. The summed E-state index contributed by atoms with van der Waals surface area (Å²) in [5.41, 5.74) is 9.66. The Bertz CT molecular complexity index is 347. The highest BCUT2D eigenvalue weighted by Gasteiger charge is 2.22. The number of para-hydroxylation sites is 1. The van der Waals surface area contributed by atoms with Crippen LogP contribution >= 0.6 is 0 Å². The summed E-state index contributed by atoms with van der Waals surface area (Å²) in [5.74, 6) is 0. The van der Waals surface area contributed by atoms with E-state index in [4.69, 9.17) is 5.73 Å². The predicted molar refractivity (Wildman–Crippen MR) is 75.5 cm³/mol. The Kier molecular flexibility index (Phi) is 3.93. The molecule has 0 unspecified atom stereocenters. The minimum absolute atomic E-state index is 0.692. The van der Waals surface area contributed by atoms with Crippen LogP contribution in [0.1, 0.15) is 44.6 Å². The van der Waals surface area contributed by atoms with E-state index in [0.717, 1.165) is 12.2 Å². The summed E-state index contributed by atoms with van der Waals surface area (Å²) in [6.45, 7) is 5.46. The third-order valence-electron chi connectivity index (χ3n) is 3.91. The van der Waals surface area contributed by atoms with E-state index in [-0.39, 0.29) is 0 Å². The molecule has 2 N–H and O–H groups in total. The van der Waals surface area contributed by atoms with Crippen molar-refractivity contribution in [3.8, 4) is 0 Å². The van der Waals surface area contributed by atoms with Gasteiger partial charge in [-0.25, -0.2) is 0 Å². The van der Waals surface area contributed by atoms with Crippen LogP contribution in [-0.2, 0) is 0 Å². The summed E-state index contributed by atoms with van der Waals surface area (Å²) in [4.78, 5) is 2.52. The van der Waals surface area contributed by atoms with Crippen LogP contribution in [0, 0.1) is 6.92 Å². The first-order chi connectivity index (χ1) is 8.24. The highest BCUT2D eigenvalue weighted by Crippen LogP contribution is 2.33. The number of hydrogen-bond acceptors (Lipinski definition) is 2. The number of nitrogens with two attached hydrogens (primary N) is 1. The van der Waals surface area contributed by atoms with Gasteiger partial charge in [-0.2, -0.15) is 0 Å². The molecule has 0 atom stereocenters. The standard InChI is InChI=1S/C15H24N2/c1-3-17(13-9-5-4-6-10-13)15-12(2)8-7-11-14(15)16/h7-8,11,13H,3-6,9-10,16H2,1-2H3. The minimum Gasteiger partial charge on any atom is -0.397 e. The zero-order valence-corrected chi connectivity index (χ0v) is 11.1. The lowest BCUT2D eigenvalue weighted by Crippen LogP contribution is -2.37. The van der Waals surface area contributed by atoms with Gasteiger partial charge in [0.25, 0.3) is 0 Å². The highest BCUT2D eigenvalue weighted by molar-refractivity contribution is 5.71. The molecule has 0 aromatic heterocycles. The van der Waals surface area contributed by atoms with Gasteiger partial charge in [-0.3, -0.25) is 0 Å². The van der Waals surface area contributed by atoms with Gasteiger partial charge < -0.3 is 10.6 Å². The number of aryl methyl sites for hydroxylation is 1. The van der Waals surface area contributed by atoms with E-state index in [1.807, 2.05) is 12.1 Å². The first-order valence-corrected chi connectivity index (χ1v) is 6.85. The molecule has 1 aromatic carbocycles. The molecule has 2 heteroatoms. The third-order valence-corrected chi connectivity index (χ3v) is 3.91. The number of nitrogens with zero attached hydrogens (tertiary/aromatic N) is 1. The molecular weight excluding hydrogens is 208 g/mol.